The first-order chi connectivity index (χ1) is 7.51. The fraction of sp³-hybridized carbons (Fsp3) is 0.538. The Labute approximate surface area is 99.3 Å². The summed E-state index contributed by atoms with van der Waals surface area (Å²) in [7, 11) is 0. The molecule has 0 fully saturated rings. The van der Waals surface area contributed by atoms with Crippen LogP contribution in [-0.4, -0.2) is 5.11 Å². The molecule has 0 atom stereocenters. The number of benzene rings is 1. The van der Waals surface area contributed by atoms with Crippen molar-refractivity contribution >= 4 is 0 Å². The van der Waals surface area contributed by atoms with Gasteiger partial charge in [-0.3, -0.25) is 0 Å². The number of halogens is 3. The molecule has 1 N–H and O–H groups in total. The molecule has 0 bridgehead atoms. The predicted molar refractivity (Wildman–Crippen MR) is 60.8 cm³/mol. The lowest BCUT2D eigenvalue weighted by molar-refractivity contribution is -0.137. The first-order valence-electron chi connectivity index (χ1n) is 5.47. The Morgan fingerprint density at radius 1 is 1.00 bits per heavy atom. The second-order valence-electron chi connectivity index (χ2n) is 5.06. The zero-order chi connectivity index (χ0) is 13.4. The third-order valence-electron chi connectivity index (χ3n) is 2.66. The van der Waals surface area contributed by atoms with Gasteiger partial charge in [0.2, 0.25) is 0 Å². The maximum Gasteiger partial charge on any atom is 0.416 e. The van der Waals surface area contributed by atoms with E-state index in [-0.39, 0.29) is 11.5 Å². The second-order valence-corrected chi connectivity index (χ2v) is 5.06. The molecule has 0 unspecified atom stereocenters. The molecule has 0 amide bonds. The Bertz CT molecular complexity index is 368. The van der Waals surface area contributed by atoms with Crippen LogP contribution in [0.5, 0.6) is 0 Å². The van der Waals surface area contributed by atoms with Gasteiger partial charge in [0.05, 0.1) is 11.2 Å². The summed E-state index contributed by atoms with van der Waals surface area (Å²) in [5.41, 5.74) is -1.11. The number of hydrogen-bond donors (Lipinski definition) is 1. The van der Waals surface area contributed by atoms with Crippen molar-refractivity contribution in [2.75, 3.05) is 0 Å². The molecule has 1 rings (SSSR count). The van der Waals surface area contributed by atoms with Crippen molar-refractivity contribution in [1.29, 1.82) is 0 Å². The maximum absolute atomic E-state index is 12.7. The highest BCUT2D eigenvalue weighted by Crippen LogP contribution is 2.34. The van der Waals surface area contributed by atoms with Gasteiger partial charge in [0.1, 0.15) is 0 Å². The normalized spacial score (nSPS) is 13.2. The van der Waals surface area contributed by atoms with E-state index in [1.54, 1.807) is 6.07 Å². The lowest BCUT2D eigenvalue weighted by Crippen LogP contribution is -2.18. The van der Waals surface area contributed by atoms with E-state index in [2.05, 4.69) is 0 Å². The fourth-order valence-electron chi connectivity index (χ4n) is 1.50. The predicted octanol–water partition coefficient (Wildman–Crippen LogP) is 4.06. The van der Waals surface area contributed by atoms with Crippen molar-refractivity contribution in [3.05, 3.63) is 34.9 Å². The van der Waals surface area contributed by atoms with Crippen molar-refractivity contribution in [3.63, 3.8) is 0 Å². The molecule has 0 saturated heterocycles. The molecule has 1 nitrogen and oxygen atoms in total. The van der Waals surface area contributed by atoms with Crippen molar-refractivity contribution in [2.45, 2.75) is 45.4 Å². The summed E-state index contributed by atoms with van der Waals surface area (Å²) in [6.45, 7) is 6.60. The molecule has 0 aliphatic heterocycles. The van der Waals surface area contributed by atoms with Crippen molar-refractivity contribution in [1.82, 2.24) is 0 Å². The average molecular weight is 246 g/mol. The minimum absolute atomic E-state index is 0.0154. The van der Waals surface area contributed by atoms with E-state index >= 15 is 0 Å². The Hall–Kier alpha value is -1.03. The van der Waals surface area contributed by atoms with Gasteiger partial charge in [-0.15, -0.1) is 0 Å². The molecule has 17 heavy (non-hydrogen) atoms. The highest BCUT2D eigenvalue weighted by atomic mass is 19.4. The van der Waals surface area contributed by atoms with Crippen LogP contribution in [0.25, 0.3) is 0 Å². The van der Waals surface area contributed by atoms with Crippen LogP contribution in [0.2, 0.25) is 0 Å². The van der Waals surface area contributed by atoms with Gasteiger partial charge in [0, 0.05) is 0 Å². The molecule has 0 spiro atoms. The topological polar surface area (TPSA) is 20.2 Å². The molecule has 1 aromatic rings. The van der Waals surface area contributed by atoms with Gasteiger partial charge in [-0.05, 0) is 43.0 Å². The van der Waals surface area contributed by atoms with Crippen LogP contribution in [0.15, 0.2) is 18.2 Å². The number of rotatable bonds is 2. The monoisotopic (exact) mass is 246 g/mol. The Morgan fingerprint density at radius 3 is 1.82 bits per heavy atom. The SMILES string of the molecule is CC(C)c1cc(C(C)(C)O)cc(C(F)(F)F)c1. The molecule has 0 radical (unpaired) electrons. The summed E-state index contributed by atoms with van der Waals surface area (Å²) in [4.78, 5) is 0. The van der Waals surface area contributed by atoms with E-state index in [1.165, 1.54) is 13.8 Å². The van der Waals surface area contributed by atoms with Crippen LogP contribution in [0.3, 0.4) is 0 Å². The standard InChI is InChI=1S/C13H17F3O/c1-8(2)9-5-10(12(3,4)17)7-11(6-9)13(14,15)16/h5-8,17H,1-4H3. The molecule has 0 aromatic heterocycles. The van der Waals surface area contributed by atoms with Gasteiger partial charge in [-0.25, -0.2) is 0 Å². The van der Waals surface area contributed by atoms with Crippen molar-refractivity contribution in [2.24, 2.45) is 0 Å². The second kappa shape index (κ2) is 4.33. The highest BCUT2D eigenvalue weighted by molar-refractivity contribution is 5.36. The van der Waals surface area contributed by atoms with Crippen LogP contribution in [0.1, 0.15) is 50.3 Å². The van der Waals surface area contributed by atoms with E-state index in [1.807, 2.05) is 13.8 Å². The Morgan fingerprint density at radius 2 is 1.47 bits per heavy atom. The molecule has 0 aliphatic carbocycles. The molecule has 0 heterocycles. The first kappa shape index (κ1) is 14.0. The zero-order valence-corrected chi connectivity index (χ0v) is 10.4. The molecular weight excluding hydrogens is 229 g/mol. The van der Waals surface area contributed by atoms with Crippen LogP contribution in [-0.2, 0) is 11.8 Å². The van der Waals surface area contributed by atoms with Gasteiger partial charge in [0.25, 0.3) is 0 Å². The first-order valence-corrected chi connectivity index (χ1v) is 5.47. The van der Waals surface area contributed by atoms with Gasteiger partial charge in [0.15, 0.2) is 0 Å². The van der Waals surface area contributed by atoms with Crippen molar-refractivity contribution < 1.29 is 18.3 Å². The molecule has 0 saturated carbocycles. The summed E-state index contributed by atoms with van der Waals surface area (Å²) in [6, 6.07) is 3.77. The van der Waals surface area contributed by atoms with Crippen LogP contribution < -0.4 is 0 Å². The van der Waals surface area contributed by atoms with E-state index in [9.17, 15) is 18.3 Å². The quantitative estimate of drug-likeness (QED) is 0.834. The summed E-state index contributed by atoms with van der Waals surface area (Å²) in [5, 5.41) is 9.82. The summed E-state index contributed by atoms with van der Waals surface area (Å²) < 4.78 is 38.2. The maximum atomic E-state index is 12.7. The van der Waals surface area contributed by atoms with Crippen molar-refractivity contribution in [3.8, 4) is 0 Å². The molecule has 4 heteroatoms. The van der Waals surface area contributed by atoms with E-state index in [0.717, 1.165) is 12.1 Å². The lowest BCUT2D eigenvalue weighted by Gasteiger charge is -2.22. The Balaban J connectivity index is 3.40. The molecule has 1 aromatic carbocycles. The third-order valence-corrected chi connectivity index (χ3v) is 2.66. The molecule has 96 valence electrons. The molecular formula is C13H17F3O. The van der Waals surface area contributed by atoms with E-state index in [4.69, 9.17) is 0 Å². The zero-order valence-electron chi connectivity index (χ0n) is 10.4. The largest absolute Gasteiger partial charge is 0.416 e. The molecule has 0 aliphatic rings. The van der Waals surface area contributed by atoms with Crippen LogP contribution >= 0.6 is 0 Å². The highest BCUT2D eigenvalue weighted by Gasteiger charge is 2.32. The van der Waals surface area contributed by atoms with E-state index < -0.39 is 17.3 Å². The lowest BCUT2D eigenvalue weighted by atomic mass is 9.90. The van der Waals surface area contributed by atoms with E-state index in [0.29, 0.717) is 5.56 Å². The summed E-state index contributed by atoms with van der Waals surface area (Å²) in [6.07, 6.45) is -4.38. The van der Waals surface area contributed by atoms with Crippen LogP contribution in [0.4, 0.5) is 13.2 Å². The summed E-state index contributed by atoms with van der Waals surface area (Å²) in [5.74, 6) is -0.0154. The summed E-state index contributed by atoms with van der Waals surface area (Å²) >= 11 is 0. The minimum Gasteiger partial charge on any atom is -0.386 e. The Kier molecular flexibility index (Phi) is 3.58. The third kappa shape index (κ3) is 3.46. The van der Waals surface area contributed by atoms with Gasteiger partial charge in [-0.2, -0.15) is 13.2 Å². The minimum atomic E-state index is -4.38. The smallest absolute Gasteiger partial charge is 0.386 e. The average Bonchev–Trinajstić information content (AvgIpc) is 2.14. The van der Waals surface area contributed by atoms with Gasteiger partial charge >= 0.3 is 6.18 Å². The number of hydrogen-bond acceptors (Lipinski definition) is 1. The van der Waals surface area contributed by atoms with Gasteiger partial charge < -0.3 is 5.11 Å². The van der Waals surface area contributed by atoms with Crippen LogP contribution in [0, 0.1) is 0 Å². The number of aliphatic hydroxyl groups is 1. The van der Waals surface area contributed by atoms with Gasteiger partial charge in [-0.1, -0.05) is 19.9 Å². The number of alkyl halides is 3. The fourth-order valence-corrected chi connectivity index (χ4v) is 1.50.